The lowest BCUT2D eigenvalue weighted by molar-refractivity contribution is -0.113. The van der Waals surface area contributed by atoms with Gasteiger partial charge in [0.2, 0.25) is 0 Å². The monoisotopic (exact) mass is 358 g/mol. The van der Waals surface area contributed by atoms with Crippen molar-refractivity contribution in [2.24, 2.45) is 0 Å². The predicted molar refractivity (Wildman–Crippen MR) is 96.9 cm³/mol. The normalized spacial score (nSPS) is 15.6. The molecule has 0 bridgehead atoms. The number of amides is 1. The van der Waals surface area contributed by atoms with E-state index in [9.17, 15) is 14.3 Å². The van der Waals surface area contributed by atoms with Crippen LogP contribution in [0, 0.1) is 5.82 Å². The molecular weight excluding hydrogens is 343 g/mol. The van der Waals surface area contributed by atoms with Gasteiger partial charge < -0.3 is 15.2 Å². The first-order valence-electron chi connectivity index (χ1n) is 7.59. The number of nitrogens with zero attached hydrogens (tertiary/aromatic N) is 1. The Morgan fingerprint density at radius 1 is 1.28 bits per heavy atom. The largest absolute Gasteiger partial charge is 0.504 e. The van der Waals surface area contributed by atoms with Crippen molar-refractivity contribution in [2.75, 3.05) is 11.5 Å². The summed E-state index contributed by atoms with van der Waals surface area (Å²) in [6, 6.07) is 10.8. The van der Waals surface area contributed by atoms with E-state index in [0.29, 0.717) is 17.9 Å². The van der Waals surface area contributed by atoms with Gasteiger partial charge in [0, 0.05) is 5.56 Å². The lowest BCUT2D eigenvalue weighted by atomic mass is 10.1. The number of aromatic hydroxyl groups is 1. The molecule has 0 saturated carbocycles. The van der Waals surface area contributed by atoms with Crippen molar-refractivity contribution in [1.82, 2.24) is 5.32 Å². The summed E-state index contributed by atoms with van der Waals surface area (Å²) in [4.78, 5) is 13.7. The first-order chi connectivity index (χ1) is 12.0. The number of phenols is 1. The molecule has 25 heavy (non-hydrogen) atoms. The summed E-state index contributed by atoms with van der Waals surface area (Å²) in [5.74, 6) is -0.823. The Bertz CT molecular complexity index is 882. The Morgan fingerprint density at radius 2 is 2.04 bits per heavy atom. The highest BCUT2D eigenvalue weighted by molar-refractivity contribution is 7.80. The number of ether oxygens (including phenoxy) is 1. The molecule has 0 aromatic heterocycles. The number of nitrogens with one attached hydrogen (secondary N) is 1. The molecule has 1 amide bonds. The second kappa shape index (κ2) is 6.90. The van der Waals surface area contributed by atoms with E-state index in [1.165, 1.54) is 24.3 Å². The zero-order chi connectivity index (χ0) is 18.0. The summed E-state index contributed by atoms with van der Waals surface area (Å²) in [5, 5.41) is 13.1. The number of para-hydroxylation sites is 2. The van der Waals surface area contributed by atoms with E-state index in [-0.39, 0.29) is 22.2 Å². The van der Waals surface area contributed by atoms with Gasteiger partial charge in [-0.25, -0.2) is 9.29 Å². The SMILES string of the molecule is CCOc1cccc(/C=C2\NC(=S)N(c3ccccc3F)C2=O)c1O. The number of hydrogen-bond acceptors (Lipinski definition) is 4. The molecule has 7 heteroatoms. The Hall–Kier alpha value is -2.93. The van der Waals surface area contributed by atoms with Crippen molar-refractivity contribution in [2.45, 2.75) is 6.92 Å². The molecule has 3 rings (SSSR count). The van der Waals surface area contributed by atoms with Crippen molar-refractivity contribution in [3.8, 4) is 11.5 Å². The first-order valence-corrected chi connectivity index (χ1v) is 8.00. The molecular formula is C18H15FN2O3S. The number of carbonyl (C=O) groups is 1. The second-order valence-corrected chi connectivity index (χ2v) is 5.59. The van der Waals surface area contributed by atoms with E-state index < -0.39 is 11.7 Å². The maximum absolute atomic E-state index is 14.0. The number of phenolic OH excluding ortho intramolecular Hbond substituents is 1. The van der Waals surface area contributed by atoms with Crippen LogP contribution in [0.2, 0.25) is 0 Å². The Morgan fingerprint density at radius 3 is 2.76 bits per heavy atom. The highest BCUT2D eigenvalue weighted by Gasteiger charge is 2.33. The van der Waals surface area contributed by atoms with Crippen LogP contribution >= 0.6 is 12.2 Å². The topological polar surface area (TPSA) is 61.8 Å². The fourth-order valence-electron chi connectivity index (χ4n) is 2.47. The lowest BCUT2D eigenvalue weighted by Gasteiger charge is -2.14. The van der Waals surface area contributed by atoms with Crippen molar-refractivity contribution < 1.29 is 19.0 Å². The summed E-state index contributed by atoms with van der Waals surface area (Å²) in [6.07, 6.45) is 1.45. The highest BCUT2D eigenvalue weighted by atomic mass is 32.1. The molecule has 0 spiro atoms. The van der Waals surface area contributed by atoms with E-state index in [1.807, 2.05) is 0 Å². The number of halogens is 1. The van der Waals surface area contributed by atoms with Crippen LogP contribution in [0.4, 0.5) is 10.1 Å². The molecule has 128 valence electrons. The molecule has 2 N–H and O–H groups in total. The summed E-state index contributed by atoms with van der Waals surface area (Å²) >= 11 is 5.15. The summed E-state index contributed by atoms with van der Waals surface area (Å²) in [6.45, 7) is 2.20. The standard InChI is InChI=1S/C18H15FN2O3S/c1-2-24-15-9-5-6-11(16(15)22)10-13-17(23)21(18(25)20-13)14-8-4-3-7-12(14)19/h3-10,22H,2H2,1H3,(H,20,25)/b13-10-. The molecule has 5 nitrogen and oxygen atoms in total. The fraction of sp³-hybridized carbons (Fsp3) is 0.111. The van der Waals surface area contributed by atoms with Crippen LogP contribution in [0.3, 0.4) is 0 Å². The van der Waals surface area contributed by atoms with Gasteiger partial charge in [0.15, 0.2) is 16.6 Å². The quantitative estimate of drug-likeness (QED) is 0.649. The minimum atomic E-state index is -0.553. The van der Waals surface area contributed by atoms with E-state index in [4.69, 9.17) is 17.0 Å². The molecule has 1 heterocycles. The van der Waals surface area contributed by atoms with Crippen LogP contribution in [0.5, 0.6) is 11.5 Å². The van der Waals surface area contributed by atoms with E-state index >= 15 is 0 Å². The summed E-state index contributed by atoms with van der Waals surface area (Å²) < 4.78 is 19.3. The van der Waals surface area contributed by atoms with Gasteiger partial charge >= 0.3 is 0 Å². The number of rotatable bonds is 4. The zero-order valence-electron chi connectivity index (χ0n) is 13.3. The van der Waals surface area contributed by atoms with Gasteiger partial charge in [-0.15, -0.1) is 0 Å². The summed E-state index contributed by atoms with van der Waals surface area (Å²) in [7, 11) is 0. The van der Waals surface area contributed by atoms with Crippen LogP contribution in [-0.2, 0) is 4.79 Å². The van der Waals surface area contributed by atoms with Gasteiger partial charge in [-0.1, -0.05) is 24.3 Å². The fourth-order valence-corrected chi connectivity index (χ4v) is 2.76. The molecule has 2 aromatic carbocycles. The van der Waals surface area contributed by atoms with Crippen LogP contribution in [0.25, 0.3) is 6.08 Å². The van der Waals surface area contributed by atoms with Gasteiger partial charge in [-0.05, 0) is 43.4 Å². The van der Waals surface area contributed by atoms with Crippen LogP contribution < -0.4 is 15.0 Å². The van der Waals surface area contributed by atoms with Gasteiger partial charge in [-0.3, -0.25) is 4.79 Å². The number of benzene rings is 2. The maximum atomic E-state index is 14.0. The lowest BCUT2D eigenvalue weighted by Crippen LogP contribution is -2.31. The van der Waals surface area contributed by atoms with Gasteiger partial charge in [0.05, 0.1) is 12.3 Å². The molecule has 1 saturated heterocycles. The molecule has 0 atom stereocenters. The number of anilines is 1. The highest BCUT2D eigenvalue weighted by Crippen LogP contribution is 2.32. The maximum Gasteiger partial charge on any atom is 0.281 e. The number of carbonyl (C=O) groups excluding carboxylic acids is 1. The minimum absolute atomic E-state index is 0.0701. The first kappa shape index (κ1) is 16.9. The third-order valence-corrected chi connectivity index (χ3v) is 3.89. The van der Waals surface area contributed by atoms with E-state index in [1.54, 1.807) is 31.2 Å². The van der Waals surface area contributed by atoms with Gasteiger partial charge in [0.25, 0.3) is 5.91 Å². The molecule has 2 aromatic rings. The van der Waals surface area contributed by atoms with E-state index in [0.717, 1.165) is 4.90 Å². The third-order valence-electron chi connectivity index (χ3n) is 3.60. The number of thiocarbonyl (C=S) groups is 1. The van der Waals surface area contributed by atoms with E-state index in [2.05, 4.69) is 5.32 Å². The third kappa shape index (κ3) is 3.18. The average molecular weight is 358 g/mol. The Labute approximate surface area is 149 Å². The smallest absolute Gasteiger partial charge is 0.281 e. The van der Waals surface area contributed by atoms with Crippen LogP contribution in [-0.4, -0.2) is 22.7 Å². The van der Waals surface area contributed by atoms with Crippen molar-refractivity contribution in [1.29, 1.82) is 0 Å². The molecule has 0 aliphatic carbocycles. The molecule has 1 fully saturated rings. The Balaban J connectivity index is 1.97. The molecule has 1 aliphatic rings. The zero-order valence-corrected chi connectivity index (χ0v) is 14.1. The number of hydrogen-bond donors (Lipinski definition) is 2. The molecule has 0 radical (unpaired) electrons. The average Bonchev–Trinajstić information content (AvgIpc) is 2.86. The van der Waals surface area contributed by atoms with Crippen LogP contribution in [0.15, 0.2) is 48.2 Å². The molecule has 0 unspecified atom stereocenters. The molecule has 1 aliphatic heterocycles. The predicted octanol–water partition coefficient (Wildman–Crippen LogP) is 3.19. The van der Waals surface area contributed by atoms with Crippen molar-refractivity contribution >= 4 is 35.0 Å². The van der Waals surface area contributed by atoms with Crippen LogP contribution in [0.1, 0.15) is 12.5 Å². The van der Waals surface area contributed by atoms with Gasteiger partial charge in [0.1, 0.15) is 11.5 Å². The minimum Gasteiger partial charge on any atom is -0.504 e. The van der Waals surface area contributed by atoms with Crippen molar-refractivity contribution in [3.05, 3.63) is 59.5 Å². The summed E-state index contributed by atoms with van der Waals surface area (Å²) in [5.41, 5.74) is 0.595. The van der Waals surface area contributed by atoms with Crippen molar-refractivity contribution in [3.63, 3.8) is 0 Å². The van der Waals surface area contributed by atoms with Gasteiger partial charge in [-0.2, -0.15) is 0 Å². The Kier molecular flexibility index (Phi) is 4.67. The second-order valence-electron chi connectivity index (χ2n) is 5.21.